The third-order valence-corrected chi connectivity index (χ3v) is 4.06. The van der Waals surface area contributed by atoms with Gasteiger partial charge >= 0.3 is 0 Å². The Morgan fingerprint density at radius 1 is 1.26 bits per heavy atom. The van der Waals surface area contributed by atoms with Gasteiger partial charge < -0.3 is 10.1 Å². The average molecular weight is 310 g/mol. The Morgan fingerprint density at radius 3 is 3.00 bits per heavy atom. The van der Waals surface area contributed by atoms with Crippen LogP contribution >= 0.6 is 0 Å². The van der Waals surface area contributed by atoms with Gasteiger partial charge in [0, 0.05) is 18.8 Å². The highest BCUT2D eigenvalue weighted by atomic mass is 16.5. The molecular formula is C16H18N6O. The summed E-state index contributed by atoms with van der Waals surface area (Å²) in [5.74, 6) is 0.881. The van der Waals surface area contributed by atoms with Crippen LogP contribution in [0.25, 0.3) is 5.69 Å². The van der Waals surface area contributed by atoms with Crippen LogP contribution in [0.1, 0.15) is 24.0 Å². The Morgan fingerprint density at radius 2 is 2.17 bits per heavy atom. The zero-order valence-corrected chi connectivity index (χ0v) is 12.6. The fourth-order valence-electron chi connectivity index (χ4n) is 2.92. The fraction of sp³-hybridized carbons (Fsp3) is 0.312. The van der Waals surface area contributed by atoms with Crippen LogP contribution in [0.2, 0.25) is 0 Å². The van der Waals surface area contributed by atoms with Gasteiger partial charge in [-0.3, -0.25) is 5.10 Å². The standard InChI is InChI=1S/C16H18N6O/c1-2-4-12(5-3-1)22-15(18-11-20-22)10-17-13-7-9-23-16(13)14-6-8-19-21-14/h1-6,8,11,13,16-17H,7,9-10H2,(H,19,21)/t13-,16-/m0/s1. The highest BCUT2D eigenvalue weighted by Crippen LogP contribution is 2.27. The maximum atomic E-state index is 5.82. The molecule has 0 spiro atoms. The molecule has 0 saturated carbocycles. The van der Waals surface area contributed by atoms with E-state index in [9.17, 15) is 0 Å². The van der Waals surface area contributed by atoms with Crippen molar-refractivity contribution in [3.63, 3.8) is 0 Å². The van der Waals surface area contributed by atoms with Gasteiger partial charge in [0.15, 0.2) is 0 Å². The lowest BCUT2D eigenvalue weighted by molar-refractivity contribution is 0.0949. The van der Waals surface area contributed by atoms with Crippen molar-refractivity contribution in [1.82, 2.24) is 30.3 Å². The summed E-state index contributed by atoms with van der Waals surface area (Å²) in [7, 11) is 0. The number of rotatable bonds is 5. The lowest BCUT2D eigenvalue weighted by atomic mass is 10.1. The Bertz CT molecular complexity index is 739. The molecule has 2 N–H and O–H groups in total. The number of H-pyrrole nitrogens is 1. The molecule has 0 bridgehead atoms. The molecule has 2 aromatic heterocycles. The van der Waals surface area contributed by atoms with E-state index in [1.165, 1.54) is 0 Å². The van der Waals surface area contributed by atoms with E-state index in [0.717, 1.165) is 30.2 Å². The third kappa shape index (κ3) is 2.88. The van der Waals surface area contributed by atoms with Crippen molar-refractivity contribution in [2.75, 3.05) is 6.61 Å². The zero-order valence-electron chi connectivity index (χ0n) is 12.6. The molecule has 1 fully saturated rings. The number of benzene rings is 1. The molecule has 0 aliphatic carbocycles. The van der Waals surface area contributed by atoms with Crippen LogP contribution < -0.4 is 5.32 Å². The van der Waals surface area contributed by atoms with E-state index >= 15 is 0 Å². The summed E-state index contributed by atoms with van der Waals surface area (Å²) in [6, 6.07) is 12.2. The summed E-state index contributed by atoms with van der Waals surface area (Å²) in [5, 5.41) is 14.9. The van der Waals surface area contributed by atoms with E-state index in [1.807, 2.05) is 41.1 Å². The normalized spacial score (nSPS) is 20.9. The molecule has 1 aromatic carbocycles. The van der Waals surface area contributed by atoms with Crippen molar-refractivity contribution >= 4 is 0 Å². The molecule has 7 nitrogen and oxygen atoms in total. The quantitative estimate of drug-likeness (QED) is 0.748. The summed E-state index contributed by atoms with van der Waals surface area (Å²) in [6.45, 7) is 1.38. The van der Waals surface area contributed by atoms with Crippen LogP contribution in [0, 0.1) is 0 Å². The molecule has 4 rings (SSSR count). The van der Waals surface area contributed by atoms with Gasteiger partial charge in [-0.25, -0.2) is 9.67 Å². The molecule has 0 radical (unpaired) electrons. The molecule has 0 amide bonds. The second-order valence-corrected chi connectivity index (χ2v) is 5.50. The summed E-state index contributed by atoms with van der Waals surface area (Å²) >= 11 is 0. The number of aromatic nitrogens is 5. The first-order valence-corrected chi connectivity index (χ1v) is 7.70. The van der Waals surface area contributed by atoms with Crippen molar-refractivity contribution in [2.45, 2.75) is 25.1 Å². The molecule has 3 heterocycles. The number of ether oxygens (including phenoxy) is 1. The van der Waals surface area contributed by atoms with Crippen LogP contribution in [0.3, 0.4) is 0 Å². The van der Waals surface area contributed by atoms with Crippen molar-refractivity contribution in [3.05, 3.63) is 60.4 Å². The Balaban J connectivity index is 1.47. The largest absolute Gasteiger partial charge is 0.370 e. The van der Waals surface area contributed by atoms with E-state index in [2.05, 4.69) is 25.6 Å². The molecule has 7 heteroatoms. The summed E-state index contributed by atoms with van der Waals surface area (Å²) in [5.41, 5.74) is 2.01. The highest BCUT2D eigenvalue weighted by Gasteiger charge is 2.30. The number of nitrogens with one attached hydrogen (secondary N) is 2. The van der Waals surface area contributed by atoms with Crippen LogP contribution in [0.4, 0.5) is 0 Å². The zero-order chi connectivity index (χ0) is 15.5. The molecule has 23 heavy (non-hydrogen) atoms. The Labute approximate surface area is 133 Å². The molecular weight excluding hydrogens is 292 g/mol. The van der Waals surface area contributed by atoms with Gasteiger partial charge in [0.2, 0.25) is 0 Å². The van der Waals surface area contributed by atoms with Crippen LogP contribution in [0.5, 0.6) is 0 Å². The van der Waals surface area contributed by atoms with Gasteiger partial charge in [0.1, 0.15) is 18.3 Å². The Kier molecular flexibility index (Phi) is 3.87. The highest BCUT2D eigenvalue weighted by molar-refractivity contribution is 5.30. The topological polar surface area (TPSA) is 80.7 Å². The predicted molar refractivity (Wildman–Crippen MR) is 83.9 cm³/mol. The monoisotopic (exact) mass is 310 g/mol. The van der Waals surface area contributed by atoms with E-state index in [1.54, 1.807) is 12.5 Å². The van der Waals surface area contributed by atoms with Gasteiger partial charge in [0.05, 0.1) is 17.9 Å². The lowest BCUT2D eigenvalue weighted by Gasteiger charge is -2.18. The minimum atomic E-state index is 0.00518. The fourth-order valence-corrected chi connectivity index (χ4v) is 2.92. The van der Waals surface area contributed by atoms with Crippen molar-refractivity contribution in [1.29, 1.82) is 0 Å². The van der Waals surface area contributed by atoms with Crippen molar-refractivity contribution < 1.29 is 4.74 Å². The molecule has 2 atom stereocenters. The summed E-state index contributed by atoms with van der Waals surface area (Å²) in [6.07, 6.45) is 4.30. The molecule has 1 aliphatic heterocycles. The predicted octanol–water partition coefficient (Wildman–Crippen LogP) is 1.61. The second kappa shape index (κ2) is 6.31. The molecule has 118 valence electrons. The van der Waals surface area contributed by atoms with Crippen LogP contribution in [0.15, 0.2) is 48.9 Å². The molecule has 1 aliphatic rings. The average Bonchev–Trinajstić information content (AvgIpc) is 3.33. The smallest absolute Gasteiger partial charge is 0.146 e. The molecule has 3 aromatic rings. The lowest BCUT2D eigenvalue weighted by Crippen LogP contribution is -2.32. The Hall–Kier alpha value is -2.51. The summed E-state index contributed by atoms with van der Waals surface area (Å²) in [4.78, 5) is 4.37. The number of hydrogen-bond donors (Lipinski definition) is 2. The van der Waals surface area contributed by atoms with E-state index in [-0.39, 0.29) is 12.1 Å². The number of aromatic amines is 1. The summed E-state index contributed by atoms with van der Waals surface area (Å²) < 4.78 is 7.67. The number of nitrogens with zero attached hydrogens (tertiary/aromatic N) is 4. The third-order valence-electron chi connectivity index (χ3n) is 4.06. The van der Waals surface area contributed by atoms with Gasteiger partial charge in [0.25, 0.3) is 0 Å². The van der Waals surface area contributed by atoms with Gasteiger partial charge in [-0.2, -0.15) is 10.2 Å². The first-order valence-electron chi connectivity index (χ1n) is 7.70. The van der Waals surface area contributed by atoms with E-state index < -0.39 is 0 Å². The van der Waals surface area contributed by atoms with Crippen LogP contribution in [-0.4, -0.2) is 37.6 Å². The van der Waals surface area contributed by atoms with E-state index in [0.29, 0.717) is 6.54 Å². The van der Waals surface area contributed by atoms with Gasteiger partial charge in [-0.15, -0.1) is 0 Å². The van der Waals surface area contributed by atoms with Gasteiger partial charge in [-0.05, 0) is 24.6 Å². The second-order valence-electron chi connectivity index (χ2n) is 5.50. The maximum absolute atomic E-state index is 5.82. The molecule has 1 saturated heterocycles. The number of hydrogen-bond acceptors (Lipinski definition) is 5. The minimum Gasteiger partial charge on any atom is -0.370 e. The van der Waals surface area contributed by atoms with Crippen molar-refractivity contribution in [2.24, 2.45) is 0 Å². The number of para-hydroxylation sites is 1. The van der Waals surface area contributed by atoms with Gasteiger partial charge in [-0.1, -0.05) is 18.2 Å². The first-order chi connectivity index (χ1) is 11.4. The minimum absolute atomic E-state index is 0.00518. The van der Waals surface area contributed by atoms with Crippen molar-refractivity contribution in [3.8, 4) is 5.69 Å². The van der Waals surface area contributed by atoms with E-state index in [4.69, 9.17) is 4.74 Å². The molecule has 0 unspecified atom stereocenters. The van der Waals surface area contributed by atoms with Crippen LogP contribution in [-0.2, 0) is 11.3 Å². The SMILES string of the molecule is c1ccc(-n2ncnc2CN[C@H]2CCO[C@@H]2c2ccn[nH]2)cc1. The first kappa shape index (κ1) is 14.1. The maximum Gasteiger partial charge on any atom is 0.146 e.